The van der Waals surface area contributed by atoms with E-state index >= 15 is 0 Å². The summed E-state index contributed by atoms with van der Waals surface area (Å²) in [5.41, 5.74) is 2.19. The predicted octanol–water partition coefficient (Wildman–Crippen LogP) is 3.95. The van der Waals surface area contributed by atoms with Crippen molar-refractivity contribution in [2.45, 2.75) is 18.2 Å². The van der Waals surface area contributed by atoms with E-state index in [4.69, 9.17) is 0 Å². The number of halogens is 1. The summed E-state index contributed by atoms with van der Waals surface area (Å²) in [4.78, 5) is 25.9. The van der Waals surface area contributed by atoms with Gasteiger partial charge in [-0.1, -0.05) is 18.2 Å². The Hall–Kier alpha value is -2.34. The number of thioether (sulfide) groups is 1. The van der Waals surface area contributed by atoms with Gasteiger partial charge in [-0.3, -0.25) is 14.5 Å². The molecule has 128 valence electrons. The third-order valence-corrected chi connectivity index (χ3v) is 5.55. The molecule has 4 rings (SSSR count). The molecular weight excluding hydrogens is 339 g/mol. The molecule has 1 saturated heterocycles. The third-order valence-electron chi connectivity index (χ3n) is 4.34. The molecule has 1 aliphatic heterocycles. The van der Waals surface area contributed by atoms with Crippen molar-refractivity contribution in [2.75, 3.05) is 16.0 Å². The minimum atomic E-state index is -0.369. The van der Waals surface area contributed by atoms with Gasteiger partial charge in [0.1, 0.15) is 11.2 Å². The van der Waals surface area contributed by atoms with E-state index in [1.54, 1.807) is 17.0 Å². The molecule has 0 bridgehead atoms. The maximum atomic E-state index is 13.6. The highest BCUT2D eigenvalue weighted by Crippen LogP contribution is 2.42. The van der Waals surface area contributed by atoms with E-state index in [1.807, 2.05) is 24.3 Å². The number of anilines is 2. The van der Waals surface area contributed by atoms with Gasteiger partial charge >= 0.3 is 0 Å². The van der Waals surface area contributed by atoms with Gasteiger partial charge in [-0.25, -0.2) is 4.39 Å². The number of carbonyl (C=O) groups excluding carboxylic acids is 2. The van der Waals surface area contributed by atoms with Crippen molar-refractivity contribution in [3.8, 4) is 0 Å². The molecule has 0 radical (unpaired) electrons. The average molecular weight is 356 g/mol. The van der Waals surface area contributed by atoms with Crippen LogP contribution in [-0.4, -0.2) is 17.6 Å². The molecule has 0 aromatic heterocycles. The first-order chi connectivity index (χ1) is 12.1. The first kappa shape index (κ1) is 16.1. The molecule has 2 fully saturated rings. The van der Waals surface area contributed by atoms with Gasteiger partial charge in [-0.15, -0.1) is 11.8 Å². The van der Waals surface area contributed by atoms with Crippen LogP contribution in [0, 0.1) is 11.7 Å². The molecule has 1 heterocycles. The Morgan fingerprint density at radius 3 is 2.72 bits per heavy atom. The van der Waals surface area contributed by atoms with Gasteiger partial charge < -0.3 is 5.32 Å². The van der Waals surface area contributed by atoms with Crippen LogP contribution in [0.15, 0.2) is 48.5 Å². The highest BCUT2D eigenvalue weighted by molar-refractivity contribution is 8.00. The van der Waals surface area contributed by atoms with E-state index in [9.17, 15) is 14.0 Å². The average Bonchev–Trinajstić information content (AvgIpc) is 3.38. The van der Waals surface area contributed by atoms with Crippen LogP contribution < -0.4 is 10.2 Å². The summed E-state index contributed by atoms with van der Waals surface area (Å²) in [6.07, 6.45) is 1.90. The normalized spacial score (nSPS) is 20.0. The summed E-state index contributed by atoms with van der Waals surface area (Å²) < 4.78 is 13.6. The number of hydrogen-bond acceptors (Lipinski definition) is 3. The van der Waals surface area contributed by atoms with Crippen LogP contribution in [0.5, 0.6) is 0 Å². The van der Waals surface area contributed by atoms with Crippen LogP contribution in [0.25, 0.3) is 0 Å². The zero-order valence-corrected chi connectivity index (χ0v) is 14.3. The smallest absolute Gasteiger partial charge is 0.238 e. The molecule has 2 aromatic rings. The van der Waals surface area contributed by atoms with Gasteiger partial charge in [-0.2, -0.15) is 0 Å². The minimum absolute atomic E-state index is 0.0481. The fourth-order valence-corrected chi connectivity index (χ4v) is 4.10. The van der Waals surface area contributed by atoms with Gasteiger partial charge in [0.05, 0.1) is 5.75 Å². The highest BCUT2D eigenvalue weighted by atomic mass is 32.2. The lowest BCUT2D eigenvalue weighted by molar-refractivity contribution is -0.117. The molecule has 1 N–H and O–H groups in total. The molecular formula is C19H17FN2O2S. The van der Waals surface area contributed by atoms with E-state index in [-0.39, 0.29) is 28.9 Å². The molecule has 2 aliphatic rings. The van der Waals surface area contributed by atoms with Crippen molar-refractivity contribution in [3.05, 3.63) is 59.9 Å². The number of nitrogens with zero attached hydrogens (tertiary/aromatic N) is 1. The van der Waals surface area contributed by atoms with Crippen LogP contribution in [0.3, 0.4) is 0 Å². The van der Waals surface area contributed by atoms with Gasteiger partial charge in [0.15, 0.2) is 0 Å². The maximum absolute atomic E-state index is 13.6. The lowest BCUT2D eigenvalue weighted by Gasteiger charge is -2.24. The second-order valence-electron chi connectivity index (χ2n) is 6.30. The molecule has 4 nitrogen and oxygen atoms in total. The molecule has 1 saturated carbocycles. The largest absolute Gasteiger partial charge is 0.326 e. The zero-order chi connectivity index (χ0) is 17.4. The van der Waals surface area contributed by atoms with E-state index in [0.717, 1.165) is 24.1 Å². The van der Waals surface area contributed by atoms with Gasteiger partial charge in [0.25, 0.3) is 0 Å². The third kappa shape index (κ3) is 3.39. The van der Waals surface area contributed by atoms with Gasteiger partial charge in [-0.05, 0) is 48.7 Å². The highest BCUT2D eigenvalue weighted by Gasteiger charge is 2.34. The van der Waals surface area contributed by atoms with Crippen molar-refractivity contribution in [1.82, 2.24) is 0 Å². The van der Waals surface area contributed by atoms with Gasteiger partial charge in [0, 0.05) is 17.3 Å². The molecule has 6 heteroatoms. The summed E-state index contributed by atoms with van der Waals surface area (Å²) in [5.74, 6) is 0.114. The van der Waals surface area contributed by atoms with E-state index in [0.29, 0.717) is 11.4 Å². The monoisotopic (exact) mass is 356 g/mol. The Kier molecular flexibility index (Phi) is 4.21. The Morgan fingerprint density at radius 1 is 1.16 bits per heavy atom. The van der Waals surface area contributed by atoms with Crippen LogP contribution >= 0.6 is 11.8 Å². The number of amides is 2. The number of benzene rings is 2. The standard InChI is InChI=1S/C19H17FN2O2S/c20-14-4-2-6-16(10-14)22-17(23)11-25-19(22)13-3-1-5-15(9-13)21-18(24)12-7-8-12/h1-6,9-10,12,19H,7-8,11H2,(H,21,24)/t19-/m0/s1. The predicted molar refractivity (Wildman–Crippen MR) is 96.9 cm³/mol. The van der Waals surface area contributed by atoms with Crippen LogP contribution in [0.4, 0.5) is 15.8 Å². The first-order valence-corrected chi connectivity index (χ1v) is 9.27. The summed E-state index contributed by atoms with van der Waals surface area (Å²) in [6.45, 7) is 0. The van der Waals surface area contributed by atoms with Crippen molar-refractivity contribution in [3.63, 3.8) is 0 Å². The van der Waals surface area contributed by atoms with E-state index in [2.05, 4.69) is 5.32 Å². The summed E-state index contributed by atoms with van der Waals surface area (Å²) in [7, 11) is 0. The number of carbonyl (C=O) groups is 2. The molecule has 1 atom stereocenters. The topological polar surface area (TPSA) is 49.4 Å². The summed E-state index contributed by atoms with van der Waals surface area (Å²) >= 11 is 1.50. The van der Waals surface area contributed by atoms with Crippen molar-refractivity contribution >= 4 is 35.0 Å². The molecule has 25 heavy (non-hydrogen) atoms. The van der Waals surface area contributed by atoms with Crippen molar-refractivity contribution in [1.29, 1.82) is 0 Å². The second-order valence-corrected chi connectivity index (χ2v) is 7.36. The Bertz CT molecular complexity index is 838. The Morgan fingerprint density at radius 2 is 1.96 bits per heavy atom. The van der Waals surface area contributed by atoms with Crippen molar-refractivity contribution in [2.24, 2.45) is 5.92 Å². The number of rotatable bonds is 4. The molecule has 0 spiro atoms. The van der Waals surface area contributed by atoms with Crippen LogP contribution in [0.2, 0.25) is 0 Å². The fourth-order valence-electron chi connectivity index (χ4n) is 2.94. The first-order valence-electron chi connectivity index (χ1n) is 8.22. The van der Waals surface area contributed by atoms with E-state index in [1.165, 1.54) is 23.9 Å². The molecule has 1 aliphatic carbocycles. The van der Waals surface area contributed by atoms with E-state index < -0.39 is 0 Å². The Labute approximate surface area is 149 Å². The summed E-state index contributed by atoms with van der Waals surface area (Å²) in [5, 5.41) is 2.70. The molecule has 0 unspecified atom stereocenters. The van der Waals surface area contributed by atoms with Crippen LogP contribution in [-0.2, 0) is 9.59 Å². The second kappa shape index (κ2) is 6.52. The fraction of sp³-hybridized carbons (Fsp3) is 0.263. The molecule has 2 aromatic carbocycles. The number of nitrogens with one attached hydrogen (secondary N) is 1. The molecule has 2 amide bonds. The SMILES string of the molecule is O=C(Nc1cccc([C@@H]2SCC(=O)N2c2cccc(F)c2)c1)C1CC1. The zero-order valence-electron chi connectivity index (χ0n) is 13.4. The Balaban J connectivity index is 1.61. The quantitative estimate of drug-likeness (QED) is 0.902. The van der Waals surface area contributed by atoms with Crippen molar-refractivity contribution < 1.29 is 14.0 Å². The maximum Gasteiger partial charge on any atom is 0.238 e. The lowest BCUT2D eigenvalue weighted by Crippen LogP contribution is -2.28. The lowest BCUT2D eigenvalue weighted by atomic mass is 10.1. The minimum Gasteiger partial charge on any atom is -0.326 e. The van der Waals surface area contributed by atoms with Gasteiger partial charge in [0.2, 0.25) is 11.8 Å². The van der Waals surface area contributed by atoms with Crippen LogP contribution in [0.1, 0.15) is 23.8 Å². The number of hydrogen-bond donors (Lipinski definition) is 1. The summed E-state index contributed by atoms with van der Waals surface area (Å²) in [6, 6.07) is 13.6.